The van der Waals surface area contributed by atoms with E-state index in [0.717, 1.165) is 11.3 Å². The lowest BCUT2D eigenvalue weighted by Crippen LogP contribution is -2.26. The maximum atomic E-state index is 11.1. The zero-order valence-corrected chi connectivity index (χ0v) is 10.9. The lowest BCUT2D eigenvalue weighted by atomic mass is 9.85. The van der Waals surface area contributed by atoms with Crippen molar-refractivity contribution in [2.75, 3.05) is 0 Å². The van der Waals surface area contributed by atoms with Gasteiger partial charge in [0.2, 0.25) is 0 Å². The smallest absolute Gasteiger partial charge is 0.309 e. The molecule has 0 aliphatic carbocycles. The molecule has 0 radical (unpaired) electrons. The molecule has 1 rings (SSSR count). The molecule has 0 heterocycles. The summed E-state index contributed by atoms with van der Waals surface area (Å²) in [6.45, 7) is 7.36. The van der Waals surface area contributed by atoms with E-state index in [1.807, 2.05) is 38.1 Å². The van der Waals surface area contributed by atoms with E-state index in [4.69, 9.17) is 9.84 Å². The quantitative estimate of drug-likeness (QED) is 0.854. The summed E-state index contributed by atoms with van der Waals surface area (Å²) in [7, 11) is 0. The zero-order chi connectivity index (χ0) is 13.1. The summed E-state index contributed by atoms with van der Waals surface area (Å²) >= 11 is 0. The summed E-state index contributed by atoms with van der Waals surface area (Å²) in [5.74, 6) is -0.0197. The van der Waals surface area contributed by atoms with Crippen LogP contribution in [0.1, 0.15) is 33.3 Å². The third-order valence-electron chi connectivity index (χ3n) is 2.55. The fourth-order valence-corrected chi connectivity index (χ4v) is 1.57. The van der Waals surface area contributed by atoms with Crippen molar-refractivity contribution in [2.45, 2.75) is 40.2 Å². The number of carboxylic acids is 1. The molecule has 0 atom stereocenters. The number of carboxylic acid groups (broad SMARTS) is 1. The second-order valence-corrected chi connectivity index (χ2v) is 5.14. The number of hydrogen-bond acceptors (Lipinski definition) is 2. The topological polar surface area (TPSA) is 46.5 Å². The molecule has 0 spiro atoms. The second-order valence-electron chi connectivity index (χ2n) is 5.14. The Morgan fingerprint density at radius 3 is 2.47 bits per heavy atom. The number of ether oxygens (including phenoxy) is 1. The van der Waals surface area contributed by atoms with Crippen LogP contribution in [-0.2, 0) is 11.2 Å². The van der Waals surface area contributed by atoms with Crippen molar-refractivity contribution in [2.24, 2.45) is 5.41 Å². The van der Waals surface area contributed by atoms with Gasteiger partial charge in [0, 0.05) is 0 Å². The van der Waals surface area contributed by atoms with Crippen molar-refractivity contribution in [3.63, 3.8) is 0 Å². The van der Waals surface area contributed by atoms with Crippen LogP contribution in [0.2, 0.25) is 0 Å². The van der Waals surface area contributed by atoms with Crippen molar-refractivity contribution in [1.82, 2.24) is 0 Å². The molecule has 0 saturated carbocycles. The first kappa shape index (κ1) is 13.6. The predicted octanol–water partition coefficient (Wildman–Crippen LogP) is 3.13. The molecule has 17 heavy (non-hydrogen) atoms. The molecule has 94 valence electrons. The summed E-state index contributed by atoms with van der Waals surface area (Å²) in [6.07, 6.45) is 0.551. The Hall–Kier alpha value is -1.51. The highest BCUT2D eigenvalue weighted by atomic mass is 16.5. The average Bonchev–Trinajstić information content (AvgIpc) is 2.19. The van der Waals surface area contributed by atoms with E-state index in [-0.39, 0.29) is 6.10 Å². The summed E-state index contributed by atoms with van der Waals surface area (Å²) in [4.78, 5) is 11.1. The van der Waals surface area contributed by atoms with E-state index >= 15 is 0 Å². The molecule has 0 aliphatic rings. The molecular formula is C14H20O3. The molecule has 0 bridgehead atoms. The van der Waals surface area contributed by atoms with Crippen molar-refractivity contribution in [3.05, 3.63) is 29.8 Å². The summed E-state index contributed by atoms with van der Waals surface area (Å²) in [5.41, 5.74) is 0.157. The van der Waals surface area contributed by atoms with Crippen molar-refractivity contribution >= 4 is 5.97 Å². The van der Waals surface area contributed by atoms with Gasteiger partial charge in [-0.1, -0.05) is 18.2 Å². The molecule has 0 saturated heterocycles. The van der Waals surface area contributed by atoms with Gasteiger partial charge >= 0.3 is 5.97 Å². The lowest BCUT2D eigenvalue weighted by Gasteiger charge is -2.21. The molecule has 1 aromatic rings. The fraction of sp³-hybridized carbons (Fsp3) is 0.500. The van der Waals surface area contributed by atoms with Gasteiger partial charge in [0.15, 0.2) is 0 Å². The fourth-order valence-electron chi connectivity index (χ4n) is 1.57. The Balaban J connectivity index is 2.94. The Labute approximate surface area is 102 Å². The second kappa shape index (κ2) is 5.21. The van der Waals surface area contributed by atoms with Crippen LogP contribution in [0.4, 0.5) is 0 Å². The first-order chi connectivity index (χ1) is 7.83. The molecule has 0 fully saturated rings. The van der Waals surface area contributed by atoms with Crippen molar-refractivity contribution in [3.8, 4) is 5.75 Å². The van der Waals surface area contributed by atoms with Crippen LogP contribution in [0.15, 0.2) is 24.3 Å². The number of aliphatic carboxylic acids is 1. The summed E-state index contributed by atoms with van der Waals surface area (Å²) in [6, 6.07) is 7.60. The maximum Gasteiger partial charge on any atom is 0.309 e. The average molecular weight is 236 g/mol. The highest BCUT2D eigenvalue weighted by Crippen LogP contribution is 2.28. The SMILES string of the molecule is CC(C)Oc1ccccc1CC(C)(C)C(=O)O. The molecule has 3 heteroatoms. The molecule has 3 nitrogen and oxygen atoms in total. The molecular weight excluding hydrogens is 216 g/mol. The van der Waals surface area contributed by atoms with Gasteiger partial charge in [-0.2, -0.15) is 0 Å². The number of rotatable bonds is 5. The van der Waals surface area contributed by atoms with Gasteiger partial charge < -0.3 is 9.84 Å². The van der Waals surface area contributed by atoms with Gasteiger partial charge in [-0.05, 0) is 45.7 Å². The van der Waals surface area contributed by atoms with Crippen LogP contribution in [-0.4, -0.2) is 17.2 Å². The molecule has 0 unspecified atom stereocenters. The van der Waals surface area contributed by atoms with Gasteiger partial charge in [-0.15, -0.1) is 0 Å². The van der Waals surface area contributed by atoms with Crippen molar-refractivity contribution < 1.29 is 14.6 Å². The first-order valence-electron chi connectivity index (χ1n) is 5.81. The standard InChI is InChI=1S/C14H20O3/c1-10(2)17-12-8-6-5-7-11(12)9-14(3,4)13(15)16/h5-8,10H,9H2,1-4H3,(H,15,16). The van der Waals surface area contributed by atoms with E-state index < -0.39 is 11.4 Å². The van der Waals surface area contributed by atoms with E-state index in [2.05, 4.69) is 0 Å². The van der Waals surface area contributed by atoms with Crippen LogP contribution in [0.3, 0.4) is 0 Å². The van der Waals surface area contributed by atoms with Gasteiger partial charge in [0.05, 0.1) is 11.5 Å². The van der Waals surface area contributed by atoms with Crippen LogP contribution in [0.5, 0.6) is 5.75 Å². The number of hydrogen-bond donors (Lipinski definition) is 1. The lowest BCUT2D eigenvalue weighted by molar-refractivity contribution is -0.146. The van der Waals surface area contributed by atoms with E-state index in [1.54, 1.807) is 13.8 Å². The van der Waals surface area contributed by atoms with Gasteiger partial charge in [0.1, 0.15) is 5.75 Å². The zero-order valence-electron chi connectivity index (χ0n) is 10.9. The van der Waals surface area contributed by atoms with Gasteiger partial charge in [-0.3, -0.25) is 4.79 Å². The molecule has 0 amide bonds. The molecule has 0 aromatic heterocycles. The van der Waals surface area contributed by atoms with Crippen LogP contribution in [0, 0.1) is 5.41 Å². The number of benzene rings is 1. The Morgan fingerprint density at radius 2 is 1.94 bits per heavy atom. The highest BCUT2D eigenvalue weighted by Gasteiger charge is 2.28. The third-order valence-corrected chi connectivity index (χ3v) is 2.55. The predicted molar refractivity (Wildman–Crippen MR) is 67.3 cm³/mol. The number of para-hydroxylation sites is 1. The van der Waals surface area contributed by atoms with E-state index in [0.29, 0.717) is 6.42 Å². The maximum absolute atomic E-state index is 11.1. The Bertz CT molecular complexity index is 394. The number of carbonyl (C=O) groups is 1. The Morgan fingerprint density at radius 1 is 1.35 bits per heavy atom. The summed E-state index contributed by atoms with van der Waals surface area (Å²) < 4.78 is 5.68. The van der Waals surface area contributed by atoms with Crippen LogP contribution < -0.4 is 4.74 Å². The van der Waals surface area contributed by atoms with Crippen LogP contribution in [0.25, 0.3) is 0 Å². The minimum Gasteiger partial charge on any atom is -0.491 e. The van der Waals surface area contributed by atoms with E-state index in [1.165, 1.54) is 0 Å². The molecule has 1 aromatic carbocycles. The van der Waals surface area contributed by atoms with Gasteiger partial charge in [0.25, 0.3) is 0 Å². The summed E-state index contributed by atoms with van der Waals surface area (Å²) in [5, 5.41) is 9.13. The largest absolute Gasteiger partial charge is 0.491 e. The third kappa shape index (κ3) is 3.77. The van der Waals surface area contributed by atoms with Crippen LogP contribution >= 0.6 is 0 Å². The minimum absolute atomic E-state index is 0.0871. The monoisotopic (exact) mass is 236 g/mol. The van der Waals surface area contributed by atoms with E-state index in [9.17, 15) is 4.79 Å². The first-order valence-corrected chi connectivity index (χ1v) is 5.81. The van der Waals surface area contributed by atoms with Gasteiger partial charge in [-0.25, -0.2) is 0 Å². The molecule has 0 aliphatic heterocycles. The Kier molecular flexibility index (Phi) is 4.16. The minimum atomic E-state index is -0.795. The normalized spacial score (nSPS) is 11.6. The highest BCUT2D eigenvalue weighted by molar-refractivity contribution is 5.74. The van der Waals surface area contributed by atoms with Crippen molar-refractivity contribution in [1.29, 1.82) is 0 Å². The molecule has 1 N–H and O–H groups in total.